The lowest BCUT2D eigenvalue weighted by molar-refractivity contribution is -0.137. The van der Waals surface area contributed by atoms with Gasteiger partial charge in [0, 0.05) is 11.6 Å². The maximum atomic E-state index is 11.8. The molecule has 1 aromatic heterocycles. The molecule has 26 heavy (non-hydrogen) atoms. The van der Waals surface area contributed by atoms with Crippen molar-refractivity contribution in [2.24, 2.45) is 0 Å². The summed E-state index contributed by atoms with van der Waals surface area (Å²) in [6, 6.07) is 7.00. The summed E-state index contributed by atoms with van der Waals surface area (Å²) in [7, 11) is -4.55. The quantitative estimate of drug-likeness (QED) is 0.442. The van der Waals surface area contributed by atoms with Gasteiger partial charge in [0.25, 0.3) is 0 Å². The summed E-state index contributed by atoms with van der Waals surface area (Å²) in [4.78, 5) is 22.6. The molecule has 2 rings (SSSR count). The zero-order valence-corrected chi connectivity index (χ0v) is 15.4. The lowest BCUT2D eigenvalue weighted by atomic mass is 10.2. The van der Waals surface area contributed by atoms with Gasteiger partial charge in [0.15, 0.2) is 0 Å². The monoisotopic (exact) mass is 384 g/mol. The molecule has 0 bridgehead atoms. The van der Waals surface area contributed by atoms with Gasteiger partial charge in [0.1, 0.15) is 18.9 Å². The molecule has 0 radical (unpaired) electrons. The van der Waals surface area contributed by atoms with Crippen LogP contribution < -0.4 is 5.32 Å². The molecule has 0 amide bonds. The van der Waals surface area contributed by atoms with Gasteiger partial charge in [0.2, 0.25) is 0 Å². The fourth-order valence-corrected chi connectivity index (χ4v) is 2.86. The first-order valence-corrected chi connectivity index (χ1v) is 9.06. The van der Waals surface area contributed by atoms with Gasteiger partial charge >= 0.3 is 21.4 Å². The molecule has 0 saturated carbocycles. The van der Waals surface area contributed by atoms with Gasteiger partial charge in [-0.1, -0.05) is 18.2 Å². The van der Waals surface area contributed by atoms with E-state index in [1.54, 1.807) is 24.3 Å². The fraction of sp³-hybridized carbons (Fsp3) is 0.375. The molecule has 0 unspecified atom stereocenters. The third kappa shape index (κ3) is 4.96. The molecule has 9 nitrogen and oxygen atoms in total. The van der Waals surface area contributed by atoms with Gasteiger partial charge in [0.05, 0.1) is 11.2 Å². The number of nitrogens with zero attached hydrogens (tertiary/aromatic N) is 1. The maximum Gasteiger partial charge on any atom is 0.452 e. The lowest BCUT2D eigenvalue weighted by Crippen LogP contribution is -2.30. The summed E-state index contributed by atoms with van der Waals surface area (Å²) in [6.45, 7) is 3.85. The van der Waals surface area contributed by atoms with E-state index in [9.17, 15) is 18.0 Å². The summed E-state index contributed by atoms with van der Waals surface area (Å²) in [5, 5.41) is 10.9. The van der Waals surface area contributed by atoms with Gasteiger partial charge in [-0.3, -0.25) is 4.79 Å². The van der Waals surface area contributed by atoms with Crippen molar-refractivity contribution in [3.63, 3.8) is 0 Å². The number of carbonyl (C=O) groups is 2. The predicted octanol–water partition coefficient (Wildman–Crippen LogP) is 2.38. The van der Waals surface area contributed by atoms with Gasteiger partial charge in [-0.05, 0) is 26.8 Å². The fourth-order valence-electron chi connectivity index (χ4n) is 2.20. The molecule has 10 heteroatoms. The molecule has 0 spiro atoms. The molecule has 0 aliphatic carbocycles. The van der Waals surface area contributed by atoms with E-state index in [2.05, 4.69) is 9.50 Å². The number of anilines is 1. The first-order valence-electron chi connectivity index (χ1n) is 7.65. The average Bonchev–Trinajstić information content (AvgIpc) is 2.83. The van der Waals surface area contributed by atoms with E-state index in [4.69, 9.17) is 9.84 Å². The number of ether oxygens (including phenoxy) is 1. The second-order valence-electron chi connectivity index (χ2n) is 6.44. The van der Waals surface area contributed by atoms with Crippen LogP contribution in [0.25, 0.3) is 10.9 Å². The largest absolute Gasteiger partial charge is 0.480 e. The average molecular weight is 384 g/mol. The first kappa shape index (κ1) is 19.7. The van der Waals surface area contributed by atoms with Crippen LogP contribution >= 0.6 is 0 Å². The smallest absolute Gasteiger partial charge is 0.452 e. The third-order valence-electron chi connectivity index (χ3n) is 3.16. The van der Waals surface area contributed by atoms with Crippen LogP contribution in [0.4, 0.5) is 10.5 Å². The number of rotatable bonds is 6. The number of fused-ring (bicyclic) bond motifs is 1. The summed E-state index contributed by atoms with van der Waals surface area (Å²) in [5.74, 6) is -1.01. The van der Waals surface area contributed by atoms with Crippen LogP contribution in [0, 0.1) is 0 Å². The minimum atomic E-state index is -4.55. The van der Waals surface area contributed by atoms with Crippen molar-refractivity contribution >= 4 is 38.0 Å². The number of hydrogen-bond donors (Lipinski definition) is 2. The molecule has 0 aliphatic heterocycles. The molecule has 142 valence electrons. The standard InChI is InChI=1S/C16H20N2O7S/c1-16(2,3)25-15(21)26(22,23)24-10-17-12-8-18(9-14(19)20)13-7-5-4-6-11(12)13/h4-8,17H,9-10H2,1-3H3,(H,19,20). The van der Waals surface area contributed by atoms with Crippen LogP contribution in [0.5, 0.6) is 0 Å². The van der Waals surface area contributed by atoms with E-state index in [1.165, 1.54) is 31.5 Å². The highest BCUT2D eigenvalue weighted by Crippen LogP contribution is 2.25. The minimum absolute atomic E-state index is 0.251. The second-order valence-corrected chi connectivity index (χ2v) is 7.92. The summed E-state index contributed by atoms with van der Waals surface area (Å²) >= 11 is 0. The number of nitrogens with one attached hydrogen (secondary N) is 1. The van der Waals surface area contributed by atoms with Gasteiger partial charge in [-0.15, -0.1) is 0 Å². The van der Waals surface area contributed by atoms with E-state index in [-0.39, 0.29) is 6.54 Å². The van der Waals surface area contributed by atoms with Crippen molar-refractivity contribution in [3.8, 4) is 0 Å². The Hall–Kier alpha value is -2.59. The van der Waals surface area contributed by atoms with Crippen LogP contribution in [0.3, 0.4) is 0 Å². The molecule has 0 fully saturated rings. The number of hydrogen-bond acceptors (Lipinski definition) is 7. The molecule has 0 saturated heterocycles. The van der Waals surface area contributed by atoms with Gasteiger partial charge in [-0.25, -0.2) is 8.98 Å². The van der Waals surface area contributed by atoms with Crippen molar-refractivity contribution in [1.29, 1.82) is 0 Å². The van der Waals surface area contributed by atoms with E-state index in [0.29, 0.717) is 16.6 Å². The second kappa shape index (κ2) is 7.34. The van der Waals surface area contributed by atoms with E-state index < -0.39 is 33.7 Å². The third-order valence-corrected chi connectivity index (χ3v) is 4.08. The highest BCUT2D eigenvalue weighted by atomic mass is 32.2. The predicted molar refractivity (Wildman–Crippen MR) is 94.3 cm³/mol. The molecule has 0 aliphatic rings. The van der Waals surface area contributed by atoms with Gasteiger partial charge < -0.3 is 19.7 Å². The molecule has 0 atom stereocenters. The number of carbonyl (C=O) groups excluding carboxylic acids is 1. The Morgan fingerprint density at radius 3 is 2.50 bits per heavy atom. The Bertz CT molecular complexity index is 926. The van der Waals surface area contributed by atoms with Crippen LogP contribution in [-0.4, -0.2) is 41.7 Å². The Morgan fingerprint density at radius 1 is 1.23 bits per heavy atom. The first-order chi connectivity index (χ1) is 12.0. The van der Waals surface area contributed by atoms with E-state index >= 15 is 0 Å². The minimum Gasteiger partial charge on any atom is -0.480 e. The molecule has 1 aromatic carbocycles. The Morgan fingerprint density at radius 2 is 1.88 bits per heavy atom. The van der Waals surface area contributed by atoms with Crippen LogP contribution in [0.15, 0.2) is 30.5 Å². The Labute approximate surface area is 150 Å². The van der Waals surface area contributed by atoms with Crippen molar-refractivity contribution in [2.45, 2.75) is 32.9 Å². The van der Waals surface area contributed by atoms with E-state index in [0.717, 1.165) is 0 Å². The number of aromatic nitrogens is 1. The molecular weight excluding hydrogens is 364 g/mol. The van der Waals surface area contributed by atoms with Crippen molar-refractivity contribution in [3.05, 3.63) is 30.5 Å². The maximum absolute atomic E-state index is 11.8. The SMILES string of the molecule is CC(C)(C)OC(=O)S(=O)(=O)OCNc1cn(CC(=O)O)c2ccccc12. The Balaban J connectivity index is 2.10. The summed E-state index contributed by atoms with van der Waals surface area (Å²) < 4.78 is 34.5. The molecular formula is C16H20N2O7S. The number of para-hydroxylation sites is 1. The lowest BCUT2D eigenvalue weighted by Gasteiger charge is -2.18. The number of aliphatic carboxylic acids is 1. The van der Waals surface area contributed by atoms with Crippen LogP contribution in [0.1, 0.15) is 20.8 Å². The zero-order valence-electron chi connectivity index (χ0n) is 14.6. The summed E-state index contributed by atoms with van der Waals surface area (Å²) in [6.07, 6.45) is 1.53. The number of benzene rings is 1. The zero-order chi connectivity index (χ0) is 19.5. The van der Waals surface area contributed by atoms with E-state index in [1.807, 2.05) is 0 Å². The molecule has 2 aromatic rings. The molecule has 1 heterocycles. The normalized spacial score (nSPS) is 12.1. The van der Waals surface area contributed by atoms with Crippen molar-refractivity contribution in [1.82, 2.24) is 4.57 Å². The topological polar surface area (TPSA) is 124 Å². The van der Waals surface area contributed by atoms with Gasteiger partial charge in [-0.2, -0.15) is 8.42 Å². The number of carboxylic acid groups (broad SMARTS) is 1. The van der Waals surface area contributed by atoms with Crippen LogP contribution in [-0.2, 0) is 30.4 Å². The number of carboxylic acids is 1. The summed E-state index contributed by atoms with van der Waals surface area (Å²) in [5.41, 5.74) is 0.166. The Kier molecular flexibility index (Phi) is 5.57. The van der Waals surface area contributed by atoms with Crippen molar-refractivity contribution in [2.75, 3.05) is 12.0 Å². The highest BCUT2D eigenvalue weighted by Gasteiger charge is 2.30. The van der Waals surface area contributed by atoms with Crippen molar-refractivity contribution < 1.29 is 32.0 Å². The van der Waals surface area contributed by atoms with Crippen LogP contribution in [0.2, 0.25) is 0 Å². The molecule has 2 N–H and O–H groups in total. The highest BCUT2D eigenvalue weighted by molar-refractivity contribution is 8.01.